The van der Waals surface area contributed by atoms with Gasteiger partial charge in [-0.1, -0.05) is 84.9 Å². The summed E-state index contributed by atoms with van der Waals surface area (Å²) in [6.07, 6.45) is 4.23. The van der Waals surface area contributed by atoms with Crippen LogP contribution in [0.25, 0.3) is 45.4 Å². The molecule has 0 bridgehead atoms. The molecule has 0 saturated heterocycles. The molecule has 0 spiro atoms. The van der Waals surface area contributed by atoms with Gasteiger partial charge in [0, 0.05) is 58.7 Å². The monoisotopic (exact) mass is 598 g/mol. The second kappa shape index (κ2) is 11.8. The van der Waals surface area contributed by atoms with E-state index in [1.165, 1.54) is 17.0 Å². The van der Waals surface area contributed by atoms with Gasteiger partial charge in [-0.2, -0.15) is 9.14 Å². The standard InChI is InChI=1S/C43H37N2O/c1-30-26-36(27-34(42(30)46)24-25-41-43(2,3)37-22-14-15-23-38(37)44(41)4)45-39(32-18-10-6-11-19-32)28-35(31-16-8-5-9-17-31)29-40(45)33-20-12-7-13-21-33/h5-29H,1-4H3/q+1/p+1. The lowest BCUT2D eigenvalue weighted by molar-refractivity contribution is -0.572. The molecule has 2 heterocycles. The first-order valence-electron chi connectivity index (χ1n) is 15.8. The summed E-state index contributed by atoms with van der Waals surface area (Å²) in [6.45, 7) is 6.51. The number of allylic oxidation sites excluding steroid dienone is 1. The SMILES string of the molecule is Cc1cc(-[n+]2c(-c3ccccc3)cc(-c3ccccc3)cc2-c2ccccc2)cc(/C=C\C2=[N+](C)c3ccccc3C2(C)C)c1O. The Morgan fingerprint density at radius 3 is 1.67 bits per heavy atom. The average molecular weight is 599 g/mol. The van der Waals surface area contributed by atoms with Gasteiger partial charge in [-0.15, -0.1) is 0 Å². The van der Waals surface area contributed by atoms with Gasteiger partial charge in [0.25, 0.3) is 0 Å². The molecule has 1 aliphatic heterocycles. The lowest BCUT2D eigenvalue weighted by Crippen LogP contribution is -2.36. The molecule has 3 heteroatoms. The van der Waals surface area contributed by atoms with Gasteiger partial charge in [0.1, 0.15) is 12.8 Å². The van der Waals surface area contributed by atoms with Crippen molar-refractivity contribution in [2.75, 3.05) is 7.05 Å². The number of pyridine rings is 1. The molecule has 1 N–H and O–H groups in total. The topological polar surface area (TPSA) is 27.1 Å². The van der Waals surface area contributed by atoms with Crippen LogP contribution < -0.4 is 4.57 Å². The van der Waals surface area contributed by atoms with Gasteiger partial charge in [-0.05, 0) is 67.8 Å². The Bertz CT molecular complexity index is 2070. The minimum atomic E-state index is -0.160. The van der Waals surface area contributed by atoms with Crippen molar-refractivity contribution < 1.29 is 14.2 Å². The van der Waals surface area contributed by atoms with Crippen LogP contribution in [0, 0.1) is 6.92 Å². The van der Waals surface area contributed by atoms with Crippen LogP contribution in [0.1, 0.15) is 30.5 Å². The van der Waals surface area contributed by atoms with Gasteiger partial charge in [0.2, 0.25) is 22.8 Å². The van der Waals surface area contributed by atoms with Gasteiger partial charge in [0.05, 0.1) is 5.41 Å². The van der Waals surface area contributed by atoms with E-state index in [0.717, 1.165) is 50.5 Å². The first-order chi connectivity index (χ1) is 22.3. The fourth-order valence-corrected chi connectivity index (χ4v) is 6.83. The van der Waals surface area contributed by atoms with Crippen molar-refractivity contribution in [3.05, 3.63) is 162 Å². The molecule has 7 rings (SSSR count). The molecule has 0 radical (unpaired) electrons. The van der Waals surface area contributed by atoms with Crippen molar-refractivity contribution in [3.63, 3.8) is 0 Å². The molecule has 0 fully saturated rings. The fraction of sp³-hybridized carbons (Fsp3) is 0.116. The molecule has 3 nitrogen and oxygen atoms in total. The van der Waals surface area contributed by atoms with E-state index in [0.29, 0.717) is 5.75 Å². The first kappa shape index (κ1) is 29.2. The molecule has 0 unspecified atom stereocenters. The first-order valence-corrected chi connectivity index (χ1v) is 15.8. The van der Waals surface area contributed by atoms with E-state index in [-0.39, 0.29) is 5.41 Å². The van der Waals surface area contributed by atoms with Crippen LogP contribution >= 0.6 is 0 Å². The fourth-order valence-electron chi connectivity index (χ4n) is 6.83. The van der Waals surface area contributed by atoms with E-state index >= 15 is 0 Å². The predicted molar refractivity (Wildman–Crippen MR) is 190 cm³/mol. The number of phenols is 1. The van der Waals surface area contributed by atoms with Gasteiger partial charge >= 0.3 is 0 Å². The molecule has 5 aromatic carbocycles. The average Bonchev–Trinajstić information content (AvgIpc) is 3.29. The van der Waals surface area contributed by atoms with Gasteiger partial charge < -0.3 is 5.11 Å². The normalized spacial score (nSPS) is 13.7. The Morgan fingerprint density at radius 1 is 0.587 bits per heavy atom. The van der Waals surface area contributed by atoms with Crippen molar-refractivity contribution in [2.24, 2.45) is 0 Å². The summed E-state index contributed by atoms with van der Waals surface area (Å²) in [5, 5.41) is 11.4. The van der Waals surface area contributed by atoms with Crippen LogP contribution in [0.5, 0.6) is 5.75 Å². The van der Waals surface area contributed by atoms with E-state index in [1.807, 2.05) is 6.92 Å². The maximum absolute atomic E-state index is 11.4. The second-order valence-corrected chi connectivity index (χ2v) is 12.6. The number of aromatic hydroxyl groups is 1. The molecule has 0 atom stereocenters. The number of rotatable bonds is 6. The number of hydrogen-bond donors (Lipinski definition) is 1. The van der Waals surface area contributed by atoms with E-state index in [9.17, 15) is 5.11 Å². The summed E-state index contributed by atoms with van der Waals surface area (Å²) < 4.78 is 4.59. The molecule has 1 aromatic heterocycles. The highest BCUT2D eigenvalue weighted by molar-refractivity contribution is 6.05. The number of para-hydroxylation sites is 1. The molecule has 6 aromatic rings. The zero-order valence-corrected chi connectivity index (χ0v) is 26.8. The largest absolute Gasteiger partial charge is 0.507 e. The minimum Gasteiger partial charge on any atom is -0.507 e. The van der Waals surface area contributed by atoms with Crippen LogP contribution in [-0.2, 0) is 5.41 Å². The molecule has 46 heavy (non-hydrogen) atoms. The van der Waals surface area contributed by atoms with Crippen molar-refractivity contribution in [2.45, 2.75) is 26.2 Å². The van der Waals surface area contributed by atoms with Gasteiger partial charge in [-0.3, -0.25) is 0 Å². The number of hydrogen-bond acceptors (Lipinski definition) is 1. The van der Waals surface area contributed by atoms with Crippen molar-refractivity contribution >= 4 is 17.5 Å². The maximum atomic E-state index is 11.4. The molecule has 1 aliphatic rings. The Kier molecular flexibility index (Phi) is 7.46. The Balaban J connectivity index is 1.45. The summed E-state index contributed by atoms with van der Waals surface area (Å²) >= 11 is 0. The molecular formula is C43H38N2O+2. The molecule has 0 saturated carbocycles. The quantitative estimate of drug-likeness (QED) is 0.190. The third kappa shape index (κ3) is 5.14. The predicted octanol–water partition coefficient (Wildman–Crippen LogP) is 9.70. The Labute approximate surface area is 271 Å². The van der Waals surface area contributed by atoms with Crippen molar-refractivity contribution in [1.82, 2.24) is 0 Å². The molecule has 0 aliphatic carbocycles. The van der Waals surface area contributed by atoms with E-state index in [1.54, 1.807) is 0 Å². The van der Waals surface area contributed by atoms with E-state index < -0.39 is 0 Å². The van der Waals surface area contributed by atoms with E-state index in [2.05, 4.69) is 182 Å². The van der Waals surface area contributed by atoms with E-state index in [4.69, 9.17) is 0 Å². The second-order valence-electron chi connectivity index (χ2n) is 12.6. The lowest BCUT2D eigenvalue weighted by atomic mass is 9.81. The number of nitrogens with zero attached hydrogens (tertiary/aromatic N) is 2. The highest BCUT2D eigenvalue weighted by Crippen LogP contribution is 2.40. The number of benzene rings is 5. The summed E-state index contributed by atoms with van der Waals surface area (Å²) in [5.41, 5.74) is 12.8. The lowest BCUT2D eigenvalue weighted by Gasteiger charge is -2.15. The zero-order valence-electron chi connectivity index (χ0n) is 26.8. The molecular weight excluding hydrogens is 560 g/mol. The summed E-state index contributed by atoms with van der Waals surface area (Å²) in [6, 6.07) is 49.0. The third-order valence-corrected chi connectivity index (χ3v) is 9.25. The zero-order chi connectivity index (χ0) is 31.8. The Hall–Kier alpha value is -5.54. The van der Waals surface area contributed by atoms with Crippen LogP contribution in [0.4, 0.5) is 5.69 Å². The smallest absolute Gasteiger partial charge is 0.219 e. The molecule has 224 valence electrons. The van der Waals surface area contributed by atoms with Crippen LogP contribution in [-0.4, -0.2) is 22.4 Å². The highest BCUT2D eigenvalue weighted by atomic mass is 16.3. The van der Waals surface area contributed by atoms with Crippen LogP contribution in [0.15, 0.2) is 146 Å². The number of aryl methyl sites for hydroxylation is 1. The minimum absolute atomic E-state index is 0.160. The van der Waals surface area contributed by atoms with Gasteiger partial charge in [-0.25, -0.2) is 0 Å². The van der Waals surface area contributed by atoms with Gasteiger partial charge in [0.15, 0.2) is 5.71 Å². The van der Waals surface area contributed by atoms with Crippen molar-refractivity contribution in [3.8, 4) is 45.1 Å². The molecule has 0 amide bonds. The number of fused-ring (bicyclic) bond motifs is 1. The van der Waals surface area contributed by atoms with Crippen molar-refractivity contribution in [1.29, 1.82) is 0 Å². The summed E-state index contributed by atoms with van der Waals surface area (Å²) in [4.78, 5) is 0. The Morgan fingerprint density at radius 2 is 1.11 bits per heavy atom. The number of phenolic OH excluding ortho intramolecular Hbond substituents is 1. The van der Waals surface area contributed by atoms with Crippen LogP contribution in [0.3, 0.4) is 0 Å². The maximum Gasteiger partial charge on any atom is 0.219 e. The van der Waals surface area contributed by atoms with Crippen LogP contribution in [0.2, 0.25) is 0 Å². The summed E-state index contributed by atoms with van der Waals surface area (Å²) in [7, 11) is 2.12. The summed E-state index contributed by atoms with van der Waals surface area (Å²) in [5.74, 6) is 0.292. The number of aromatic nitrogens is 1. The highest BCUT2D eigenvalue weighted by Gasteiger charge is 2.42. The third-order valence-electron chi connectivity index (χ3n) is 9.25.